The molecule has 2 aromatic rings. The summed E-state index contributed by atoms with van der Waals surface area (Å²) in [7, 11) is 4.08. The van der Waals surface area contributed by atoms with Crippen molar-refractivity contribution in [3.63, 3.8) is 0 Å². The number of ether oxygens (including phenoxy) is 1. The minimum Gasteiger partial charge on any atom is -0.465 e. The van der Waals surface area contributed by atoms with Crippen molar-refractivity contribution in [1.29, 1.82) is 0 Å². The van der Waals surface area contributed by atoms with E-state index in [0.29, 0.717) is 13.0 Å². The Kier molecular flexibility index (Phi) is 6.16. The van der Waals surface area contributed by atoms with Gasteiger partial charge < -0.3 is 9.64 Å². The third-order valence-electron chi connectivity index (χ3n) is 4.64. The molecule has 0 N–H and O–H groups in total. The summed E-state index contributed by atoms with van der Waals surface area (Å²) in [6.45, 7) is 4.37. The Balaban J connectivity index is 2.65. The van der Waals surface area contributed by atoms with E-state index >= 15 is 0 Å². The summed E-state index contributed by atoms with van der Waals surface area (Å²) in [6.07, 6.45) is 0.660. The third kappa shape index (κ3) is 3.68. The minimum absolute atomic E-state index is 0.184. The zero-order valence-electron chi connectivity index (χ0n) is 15.0. The summed E-state index contributed by atoms with van der Waals surface area (Å²) in [4.78, 5) is 15.3. The van der Waals surface area contributed by atoms with Gasteiger partial charge in [0.1, 0.15) is 5.41 Å². The molecule has 0 unspecified atom stereocenters. The van der Waals surface area contributed by atoms with Crippen molar-refractivity contribution in [3.8, 4) is 0 Å². The maximum absolute atomic E-state index is 13.2. The molecule has 0 radical (unpaired) electrons. The van der Waals surface area contributed by atoms with Crippen molar-refractivity contribution in [2.24, 2.45) is 0 Å². The van der Waals surface area contributed by atoms with Gasteiger partial charge in [-0.25, -0.2) is 0 Å². The largest absolute Gasteiger partial charge is 0.465 e. The van der Waals surface area contributed by atoms with Crippen LogP contribution in [0.25, 0.3) is 0 Å². The van der Waals surface area contributed by atoms with Gasteiger partial charge in [0.15, 0.2) is 0 Å². The van der Waals surface area contributed by atoms with Crippen LogP contribution in [0.4, 0.5) is 0 Å². The molecule has 128 valence electrons. The van der Waals surface area contributed by atoms with Gasteiger partial charge >= 0.3 is 5.97 Å². The smallest absolute Gasteiger partial charge is 0.321 e. The number of rotatable bonds is 7. The lowest BCUT2D eigenvalue weighted by Crippen LogP contribution is -2.44. The van der Waals surface area contributed by atoms with Crippen LogP contribution in [0.15, 0.2) is 60.7 Å². The van der Waals surface area contributed by atoms with E-state index in [1.807, 2.05) is 81.7 Å². The van der Waals surface area contributed by atoms with Gasteiger partial charge in [-0.3, -0.25) is 4.79 Å². The molecule has 24 heavy (non-hydrogen) atoms. The Morgan fingerprint density at radius 1 is 1.00 bits per heavy atom. The van der Waals surface area contributed by atoms with E-state index in [-0.39, 0.29) is 12.0 Å². The zero-order valence-corrected chi connectivity index (χ0v) is 15.0. The highest BCUT2D eigenvalue weighted by Crippen LogP contribution is 2.39. The van der Waals surface area contributed by atoms with Gasteiger partial charge in [0.25, 0.3) is 0 Å². The first-order valence-corrected chi connectivity index (χ1v) is 8.47. The van der Waals surface area contributed by atoms with Gasteiger partial charge in [-0.05, 0) is 45.5 Å². The predicted molar refractivity (Wildman–Crippen MR) is 98.1 cm³/mol. The molecule has 0 aromatic heterocycles. The molecule has 1 atom stereocenters. The van der Waals surface area contributed by atoms with Crippen LogP contribution >= 0.6 is 0 Å². The van der Waals surface area contributed by atoms with E-state index in [1.165, 1.54) is 0 Å². The van der Waals surface area contributed by atoms with E-state index in [4.69, 9.17) is 4.74 Å². The molecule has 0 saturated heterocycles. The van der Waals surface area contributed by atoms with Crippen molar-refractivity contribution >= 4 is 5.97 Å². The standard InChI is InChI=1S/C21H27NO2/c1-5-24-20(23)21(16-17(2)22(3)4,18-12-8-6-9-13-18)19-14-10-7-11-15-19/h6-15,17H,5,16H2,1-4H3/t17-/m1/s1. The summed E-state index contributed by atoms with van der Waals surface area (Å²) in [5.74, 6) is -0.184. The van der Waals surface area contributed by atoms with Gasteiger partial charge in [0, 0.05) is 6.04 Å². The summed E-state index contributed by atoms with van der Waals surface area (Å²) in [6, 6.07) is 20.2. The molecule has 0 saturated carbocycles. The number of carbonyl (C=O) groups is 1. The topological polar surface area (TPSA) is 29.5 Å². The Morgan fingerprint density at radius 2 is 1.46 bits per heavy atom. The molecule has 0 aliphatic heterocycles. The van der Waals surface area contributed by atoms with Crippen LogP contribution in [-0.4, -0.2) is 37.6 Å². The van der Waals surface area contributed by atoms with Crippen LogP contribution < -0.4 is 0 Å². The van der Waals surface area contributed by atoms with E-state index in [2.05, 4.69) is 11.8 Å². The van der Waals surface area contributed by atoms with Gasteiger partial charge in [0.05, 0.1) is 6.61 Å². The fraction of sp³-hybridized carbons (Fsp3) is 0.381. The fourth-order valence-electron chi connectivity index (χ4n) is 3.05. The lowest BCUT2D eigenvalue weighted by Gasteiger charge is -2.36. The Bertz CT molecular complexity index is 598. The van der Waals surface area contributed by atoms with E-state index < -0.39 is 5.41 Å². The molecule has 0 spiro atoms. The second-order valence-corrected chi connectivity index (χ2v) is 6.37. The SMILES string of the molecule is CCOC(=O)C(C[C@@H](C)N(C)C)(c1ccccc1)c1ccccc1. The van der Waals surface area contributed by atoms with Crippen molar-refractivity contribution in [1.82, 2.24) is 4.90 Å². The first kappa shape index (κ1) is 18.2. The van der Waals surface area contributed by atoms with Crippen molar-refractivity contribution in [2.75, 3.05) is 20.7 Å². The monoisotopic (exact) mass is 325 g/mol. The molecule has 0 bridgehead atoms. The lowest BCUT2D eigenvalue weighted by molar-refractivity contribution is -0.149. The summed E-state index contributed by atoms with van der Waals surface area (Å²) < 4.78 is 5.54. The van der Waals surface area contributed by atoms with E-state index in [0.717, 1.165) is 11.1 Å². The van der Waals surface area contributed by atoms with Gasteiger partial charge in [-0.15, -0.1) is 0 Å². The van der Waals surface area contributed by atoms with Crippen LogP contribution in [0, 0.1) is 0 Å². The maximum Gasteiger partial charge on any atom is 0.321 e. The highest BCUT2D eigenvalue weighted by atomic mass is 16.5. The molecule has 0 fully saturated rings. The van der Waals surface area contributed by atoms with Gasteiger partial charge in [-0.2, -0.15) is 0 Å². The number of benzene rings is 2. The summed E-state index contributed by atoms with van der Waals surface area (Å²) in [5, 5.41) is 0. The maximum atomic E-state index is 13.2. The molecule has 0 amide bonds. The molecule has 0 heterocycles. The molecule has 0 aliphatic rings. The number of nitrogens with zero attached hydrogens (tertiary/aromatic N) is 1. The van der Waals surface area contributed by atoms with Crippen LogP contribution in [0.1, 0.15) is 31.4 Å². The predicted octanol–water partition coefficient (Wildman–Crippen LogP) is 3.88. The third-order valence-corrected chi connectivity index (χ3v) is 4.64. The average molecular weight is 325 g/mol. The Labute approximate surface area is 145 Å². The summed E-state index contributed by atoms with van der Waals surface area (Å²) >= 11 is 0. The number of esters is 1. The van der Waals surface area contributed by atoms with Crippen LogP contribution in [0.2, 0.25) is 0 Å². The first-order valence-electron chi connectivity index (χ1n) is 8.47. The number of hydrogen-bond donors (Lipinski definition) is 0. The Hall–Kier alpha value is -2.13. The molecule has 2 aromatic carbocycles. The molecule has 3 nitrogen and oxygen atoms in total. The normalized spacial score (nSPS) is 12.9. The quantitative estimate of drug-likeness (QED) is 0.724. The molecular weight excluding hydrogens is 298 g/mol. The average Bonchev–Trinajstić information content (AvgIpc) is 2.61. The van der Waals surface area contributed by atoms with E-state index in [9.17, 15) is 4.79 Å². The van der Waals surface area contributed by atoms with Crippen LogP contribution in [-0.2, 0) is 14.9 Å². The highest BCUT2D eigenvalue weighted by molar-refractivity contribution is 5.87. The van der Waals surface area contributed by atoms with Gasteiger partial charge in [-0.1, -0.05) is 60.7 Å². The minimum atomic E-state index is -0.803. The zero-order chi connectivity index (χ0) is 17.6. The highest BCUT2D eigenvalue weighted by Gasteiger charge is 2.44. The lowest BCUT2D eigenvalue weighted by atomic mass is 9.70. The Morgan fingerprint density at radius 3 is 1.83 bits per heavy atom. The second kappa shape index (κ2) is 8.11. The number of carbonyl (C=O) groups excluding carboxylic acids is 1. The van der Waals surface area contributed by atoms with E-state index in [1.54, 1.807) is 0 Å². The van der Waals surface area contributed by atoms with Crippen molar-refractivity contribution in [2.45, 2.75) is 31.7 Å². The molecule has 3 heteroatoms. The molecular formula is C21H27NO2. The van der Waals surface area contributed by atoms with Crippen molar-refractivity contribution < 1.29 is 9.53 Å². The van der Waals surface area contributed by atoms with Gasteiger partial charge in [0.2, 0.25) is 0 Å². The number of hydrogen-bond acceptors (Lipinski definition) is 3. The van der Waals surface area contributed by atoms with Crippen molar-refractivity contribution in [3.05, 3.63) is 71.8 Å². The molecule has 2 rings (SSSR count). The fourth-order valence-corrected chi connectivity index (χ4v) is 3.05. The summed E-state index contributed by atoms with van der Waals surface area (Å²) in [5.41, 5.74) is 1.15. The molecule has 0 aliphatic carbocycles. The van der Waals surface area contributed by atoms with Crippen LogP contribution in [0.5, 0.6) is 0 Å². The second-order valence-electron chi connectivity index (χ2n) is 6.37. The van der Waals surface area contributed by atoms with Crippen LogP contribution in [0.3, 0.4) is 0 Å². The first-order chi connectivity index (χ1) is 11.5.